The van der Waals surface area contributed by atoms with E-state index in [0.717, 1.165) is 0 Å². The molecule has 13 heteroatoms. The van der Waals surface area contributed by atoms with Crippen LogP contribution in [0.25, 0.3) is 0 Å². The Morgan fingerprint density at radius 2 is 0.385 bits per heavy atom. The Bertz CT molecular complexity index is 43.4. The number of rotatable bonds is 0. The molecule has 0 atom stereocenters. The Labute approximate surface area is 124 Å². The monoisotopic (exact) mass is 614 g/mol. The Hall–Kier alpha value is 2.93. The van der Waals surface area contributed by atoms with E-state index in [1.807, 2.05) is 0 Å². The topological polar surface area (TPSA) is 208 Å². The smallest absolute Gasteiger partial charge is 0.427 e. The van der Waals surface area contributed by atoms with Crippen molar-refractivity contribution in [1.82, 2.24) is 0 Å². The summed E-state index contributed by atoms with van der Waals surface area (Å²) in [5.41, 5.74) is 0. The van der Waals surface area contributed by atoms with Gasteiger partial charge in [-0.05, 0) is 0 Å². The van der Waals surface area contributed by atoms with Crippen molar-refractivity contribution in [3.63, 3.8) is 0 Å². The molecular weight excluding hydrogens is 614 g/mol. The van der Waals surface area contributed by atoms with Gasteiger partial charge in [-0.2, -0.15) is 0 Å². The molecule has 0 aliphatic heterocycles. The summed E-state index contributed by atoms with van der Waals surface area (Å²) in [5, 5.41) is 0. The summed E-state index contributed by atoms with van der Waals surface area (Å²) in [6.07, 6.45) is 0. The average molecular weight is 614 g/mol. The summed E-state index contributed by atoms with van der Waals surface area (Å²) in [7, 11) is 0. The minimum atomic E-state index is -4.01. The Balaban J connectivity index is -0.0000000450. The van der Waals surface area contributed by atoms with Crippen LogP contribution in [0, 0.1) is 0 Å². The van der Waals surface area contributed by atoms with Crippen molar-refractivity contribution in [1.29, 1.82) is 0 Å². The Morgan fingerprint density at radius 1 is 0.385 bits per heavy atom. The first-order chi connectivity index (χ1) is 5.20. The van der Waals surface area contributed by atoms with Crippen LogP contribution in [0.15, 0.2) is 0 Å². The third-order valence-corrected chi connectivity index (χ3v) is 0. The van der Waals surface area contributed by atoms with E-state index < -0.39 is 63.2 Å². The molecule has 9 nitrogen and oxygen atoms in total. The van der Waals surface area contributed by atoms with E-state index in [0.29, 0.717) is 0 Å². The molecular formula is I3O9Y. The minimum Gasteiger partial charge on any atom is -0.427 e. The zero-order chi connectivity index (χ0) is 10.7. The van der Waals surface area contributed by atoms with Gasteiger partial charge in [-0.25, -0.2) is 0 Å². The fourth-order valence-corrected chi connectivity index (χ4v) is 0. The Morgan fingerprint density at radius 3 is 0.385 bits per heavy atom. The van der Waals surface area contributed by atoms with Gasteiger partial charge in [0.2, 0.25) is 0 Å². The van der Waals surface area contributed by atoms with Crippen LogP contribution in [0.3, 0.4) is 0 Å². The van der Waals surface area contributed by atoms with E-state index in [2.05, 4.69) is 0 Å². The van der Waals surface area contributed by atoms with Gasteiger partial charge in [-0.1, -0.05) is 0 Å². The fraction of sp³-hybridized carbons (Fsp3) is 0. The summed E-state index contributed by atoms with van der Waals surface area (Å²) in [5.74, 6) is 0. The van der Waals surface area contributed by atoms with Gasteiger partial charge in [0, 0.05) is 0 Å². The molecule has 13 heavy (non-hydrogen) atoms. The third kappa shape index (κ3) is 290. The molecule has 0 rings (SSSR count). The standard InChI is InChI=1S/3IO3.Y/c3*2-1(3)4;/q3*-1;+3. The van der Waals surface area contributed by atoms with Crippen LogP contribution >= 0.6 is 0 Å². The van der Waals surface area contributed by atoms with Gasteiger partial charge in [-0.15, -0.1) is 0 Å². The largest absolute Gasteiger partial charge is 3.00 e. The molecule has 0 aliphatic rings. The molecule has 0 saturated heterocycles. The average Bonchev–Trinajstić information content (AvgIpc) is 1.54. The van der Waals surface area contributed by atoms with E-state index >= 15 is 0 Å². The molecule has 0 saturated carbocycles. The molecule has 0 aliphatic carbocycles. The number of hydrogen-bond donors (Lipinski definition) is 0. The number of hydrogen-bond acceptors (Lipinski definition) is 9. The first-order valence-electron chi connectivity index (χ1n) is 1.39. The minimum absolute atomic E-state index is 0. The quantitative estimate of drug-likeness (QED) is 0.237. The molecule has 0 bridgehead atoms. The van der Waals surface area contributed by atoms with E-state index in [9.17, 15) is 0 Å². The van der Waals surface area contributed by atoms with Gasteiger partial charge in [0.25, 0.3) is 63.2 Å². The van der Waals surface area contributed by atoms with Crippen LogP contribution in [0.5, 0.6) is 0 Å². The van der Waals surface area contributed by atoms with Crippen LogP contribution in [0.1, 0.15) is 0 Å². The third-order valence-electron chi connectivity index (χ3n) is 0. The molecule has 0 unspecified atom stereocenters. The molecule has 0 spiro atoms. The van der Waals surface area contributed by atoms with Crippen LogP contribution < -0.4 is 94.1 Å². The van der Waals surface area contributed by atoms with Crippen LogP contribution in [-0.4, -0.2) is 0 Å². The maximum Gasteiger partial charge on any atom is 3.00 e. The van der Waals surface area contributed by atoms with Crippen molar-refractivity contribution in [2.24, 2.45) is 0 Å². The van der Waals surface area contributed by atoms with Gasteiger partial charge in [-0.3, -0.25) is 0 Å². The van der Waals surface area contributed by atoms with Gasteiger partial charge < -0.3 is 30.9 Å². The number of halogens is 3. The normalized spacial score (nSPS) is 8.31. The molecule has 0 aromatic carbocycles. The van der Waals surface area contributed by atoms with Crippen molar-refractivity contribution >= 4 is 0 Å². The van der Waals surface area contributed by atoms with Gasteiger partial charge in [0.15, 0.2) is 0 Å². The second-order valence-electron chi connectivity index (χ2n) is 0.567. The van der Waals surface area contributed by atoms with Gasteiger partial charge >= 0.3 is 32.7 Å². The Kier molecular flexibility index (Phi) is 39.1. The molecule has 0 amide bonds. The zero-order valence-electron chi connectivity index (χ0n) is 5.39. The van der Waals surface area contributed by atoms with Crippen LogP contribution in [-0.2, 0) is 32.7 Å². The van der Waals surface area contributed by atoms with Crippen molar-refractivity contribution in [2.75, 3.05) is 0 Å². The van der Waals surface area contributed by atoms with E-state index in [1.165, 1.54) is 0 Å². The summed E-state index contributed by atoms with van der Waals surface area (Å²) in [4.78, 5) is 0. The molecule has 0 fully saturated rings. The van der Waals surface area contributed by atoms with Crippen LogP contribution in [0.4, 0.5) is 0 Å². The summed E-state index contributed by atoms with van der Waals surface area (Å²) in [6, 6.07) is 0. The second kappa shape index (κ2) is 20.4. The maximum atomic E-state index is 8.57. The van der Waals surface area contributed by atoms with Crippen molar-refractivity contribution in [3.8, 4) is 0 Å². The van der Waals surface area contributed by atoms with Crippen molar-refractivity contribution in [3.05, 3.63) is 0 Å². The molecule has 0 aromatic heterocycles. The summed E-state index contributed by atoms with van der Waals surface area (Å²) in [6.45, 7) is 0. The predicted molar refractivity (Wildman–Crippen MR) is 0 cm³/mol. The van der Waals surface area contributed by atoms with Crippen LogP contribution in [0.2, 0.25) is 0 Å². The first kappa shape index (κ1) is 25.0. The second-order valence-corrected chi connectivity index (χ2v) is 3.80. The SMILES string of the molecule is [O-][I+2]([O-])[O-].[O-][I+2]([O-])[O-].[O-][I+2]([O-])[O-].[Y+3]. The fourth-order valence-electron chi connectivity index (χ4n) is 0. The zero-order valence-corrected chi connectivity index (χ0v) is 14.7. The first-order valence-corrected chi connectivity index (χ1v) is 9.32. The van der Waals surface area contributed by atoms with Crippen molar-refractivity contribution < 1.29 is 127 Å². The van der Waals surface area contributed by atoms with E-state index in [4.69, 9.17) is 30.9 Å². The summed E-state index contributed by atoms with van der Waals surface area (Å²) >= 11 is -12.0. The van der Waals surface area contributed by atoms with Gasteiger partial charge in [0.1, 0.15) is 0 Å². The predicted octanol–water partition coefficient (Wildman–Crippen LogP) is -19.7. The van der Waals surface area contributed by atoms with E-state index in [1.54, 1.807) is 0 Å². The van der Waals surface area contributed by atoms with Crippen molar-refractivity contribution in [2.45, 2.75) is 0 Å². The molecule has 0 aromatic rings. The molecule has 78 valence electrons. The maximum absolute atomic E-state index is 8.57. The van der Waals surface area contributed by atoms with Gasteiger partial charge in [0.05, 0.1) is 0 Å². The molecule has 0 N–H and O–H groups in total. The van der Waals surface area contributed by atoms with E-state index in [-0.39, 0.29) is 32.7 Å². The molecule has 0 heterocycles. The molecule has 0 radical (unpaired) electrons. The summed E-state index contributed by atoms with van der Waals surface area (Å²) < 4.78 is 77.2.